The fourth-order valence-electron chi connectivity index (χ4n) is 2.02. The molecule has 5 nitrogen and oxygen atoms in total. The molecule has 2 amide bonds. The van der Waals surface area contributed by atoms with E-state index >= 15 is 0 Å². The van der Waals surface area contributed by atoms with Crippen molar-refractivity contribution in [3.63, 3.8) is 0 Å². The molecular weight excluding hydrogens is 398 g/mol. The van der Waals surface area contributed by atoms with Crippen LogP contribution in [0.25, 0.3) is 0 Å². The molecule has 0 bridgehead atoms. The van der Waals surface area contributed by atoms with Crippen molar-refractivity contribution < 1.29 is 23.1 Å². The average molecular weight is 413 g/mol. The third kappa shape index (κ3) is 5.25. The molecule has 2 N–H and O–H groups in total. The minimum absolute atomic E-state index is 0.121. The first kappa shape index (κ1) is 18.9. The Balaban J connectivity index is 2.05. The van der Waals surface area contributed by atoms with E-state index in [0.29, 0.717) is 5.75 Å². The minimum atomic E-state index is -1.17. The monoisotopic (exact) mass is 412 g/mol. The van der Waals surface area contributed by atoms with Crippen LogP contribution >= 0.6 is 15.9 Å². The fraction of sp³-hybridized carbons (Fsp3) is 0.176. The molecule has 2 aromatic rings. The van der Waals surface area contributed by atoms with Crippen molar-refractivity contribution in [2.75, 3.05) is 13.7 Å². The number of rotatable bonds is 6. The van der Waals surface area contributed by atoms with Crippen molar-refractivity contribution in [1.29, 1.82) is 0 Å². The van der Waals surface area contributed by atoms with Gasteiger partial charge in [-0.25, -0.2) is 8.78 Å². The number of halogens is 3. The van der Waals surface area contributed by atoms with Gasteiger partial charge in [-0.05, 0) is 42.0 Å². The normalized spacial score (nSPS) is 11.5. The van der Waals surface area contributed by atoms with Gasteiger partial charge >= 0.3 is 0 Å². The third-order valence-electron chi connectivity index (χ3n) is 3.27. The van der Waals surface area contributed by atoms with Crippen molar-refractivity contribution in [1.82, 2.24) is 10.6 Å². The second kappa shape index (κ2) is 8.57. The van der Waals surface area contributed by atoms with Crippen molar-refractivity contribution >= 4 is 27.7 Å². The Kier molecular flexibility index (Phi) is 6.46. The van der Waals surface area contributed by atoms with E-state index in [9.17, 15) is 18.4 Å². The van der Waals surface area contributed by atoms with E-state index < -0.39 is 29.5 Å². The van der Waals surface area contributed by atoms with E-state index in [1.54, 1.807) is 24.3 Å². The number of nitrogens with one attached hydrogen (secondary N) is 2. The lowest BCUT2D eigenvalue weighted by Crippen LogP contribution is -2.41. The lowest BCUT2D eigenvalue weighted by atomic mass is 10.1. The highest BCUT2D eigenvalue weighted by Gasteiger charge is 2.23. The zero-order valence-electron chi connectivity index (χ0n) is 13.2. The first-order valence-corrected chi connectivity index (χ1v) is 8.04. The van der Waals surface area contributed by atoms with Crippen LogP contribution in [0.15, 0.2) is 46.9 Å². The third-order valence-corrected chi connectivity index (χ3v) is 3.80. The lowest BCUT2D eigenvalue weighted by molar-refractivity contribution is -0.129. The number of benzene rings is 2. The molecule has 132 valence electrons. The summed E-state index contributed by atoms with van der Waals surface area (Å²) >= 11 is 3.28. The van der Waals surface area contributed by atoms with Crippen LogP contribution < -0.4 is 15.4 Å². The van der Waals surface area contributed by atoms with Gasteiger partial charge in [0.15, 0.2) is 18.2 Å². The molecule has 0 aliphatic carbocycles. The van der Waals surface area contributed by atoms with Gasteiger partial charge in [-0.15, -0.1) is 0 Å². The second-order valence-corrected chi connectivity index (χ2v) is 5.95. The summed E-state index contributed by atoms with van der Waals surface area (Å²) in [6, 6.07) is 8.67. The van der Waals surface area contributed by atoms with Crippen molar-refractivity contribution in [3.05, 3.63) is 64.1 Å². The van der Waals surface area contributed by atoms with Gasteiger partial charge in [-0.3, -0.25) is 9.59 Å². The number of likely N-dealkylation sites (N-methyl/N-ethyl adjacent to an activating group) is 1. The molecule has 1 atom stereocenters. The SMILES string of the molecule is CNC(=O)C(NC(=O)COc1ccc(Br)cc1)c1ccc(F)c(F)c1. The van der Waals surface area contributed by atoms with Crippen LogP contribution in [0.2, 0.25) is 0 Å². The summed E-state index contributed by atoms with van der Waals surface area (Å²) in [5.74, 6) is -2.82. The zero-order valence-corrected chi connectivity index (χ0v) is 14.8. The van der Waals surface area contributed by atoms with E-state index in [0.717, 1.165) is 16.6 Å². The molecule has 0 saturated carbocycles. The van der Waals surface area contributed by atoms with Gasteiger partial charge in [-0.1, -0.05) is 22.0 Å². The maximum absolute atomic E-state index is 13.4. The molecule has 8 heteroatoms. The molecule has 2 rings (SSSR count). The predicted molar refractivity (Wildman–Crippen MR) is 90.9 cm³/mol. The highest BCUT2D eigenvalue weighted by Crippen LogP contribution is 2.18. The molecular formula is C17H15BrF2N2O3. The molecule has 0 saturated heterocycles. The Labute approximate surface area is 151 Å². The van der Waals surface area contributed by atoms with Gasteiger partial charge in [0.05, 0.1) is 0 Å². The van der Waals surface area contributed by atoms with Crippen LogP contribution in [0, 0.1) is 11.6 Å². The standard InChI is InChI=1S/C17H15BrF2N2O3/c1-21-17(24)16(10-2-7-13(19)14(20)8-10)22-15(23)9-25-12-5-3-11(18)4-6-12/h2-8,16H,9H2,1H3,(H,21,24)(H,22,23). The summed E-state index contributed by atoms with van der Waals surface area (Å²) in [6.45, 7) is -0.335. The molecule has 2 aromatic carbocycles. The molecule has 0 fully saturated rings. The molecule has 0 aliphatic heterocycles. The number of ether oxygens (including phenoxy) is 1. The van der Waals surface area contributed by atoms with Gasteiger partial charge in [0, 0.05) is 11.5 Å². The molecule has 1 unspecified atom stereocenters. The van der Waals surface area contributed by atoms with Crippen LogP contribution in [0.3, 0.4) is 0 Å². The number of amides is 2. The molecule has 25 heavy (non-hydrogen) atoms. The van der Waals surface area contributed by atoms with E-state index in [1.165, 1.54) is 13.1 Å². The number of hydrogen-bond acceptors (Lipinski definition) is 3. The Bertz CT molecular complexity index is 769. The number of hydrogen-bond donors (Lipinski definition) is 2. The second-order valence-electron chi connectivity index (χ2n) is 5.03. The molecule has 0 aliphatic rings. The Morgan fingerprint density at radius 3 is 2.40 bits per heavy atom. The largest absolute Gasteiger partial charge is 0.484 e. The van der Waals surface area contributed by atoms with Crippen molar-refractivity contribution in [2.45, 2.75) is 6.04 Å². The highest BCUT2D eigenvalue weighted by atomic mass is 79.9. The lowest BCUT2D eigenvalue weighted by Gasteiger charge is -2.18. The van der Waals surface area contributed by atoms with Crippen molar-refractivity contribution in [3.8, 4) is 5.75 Å². The Morgan fingerprint density at radius 1 is 1.12 bits per heavy atom. The molecule has 0 heterocycles. The van der Waals surface area contributed by atoms with Crippen LogP contribution in [0.5, 0.6) is 5.75 Å². The molecule has 0 spiro atoms. The quantitative estimate of drug-likeness (QED) is 0.766. The van der Waals surface area contributed by atoms with Crippen LogP contribution in [0.4, 0.5) is 8.78 Å². The van der Waals surface area contributed by atoms with Crippen LogP contribution in [-0.2, 0) is 9.59 Å². The number of carbonyl (C=O) groups is 2. The summed E-state index contributed by atoms with van der Waals surface area (Å²) in [6.07, 6.45) is 0. The van der Waals surface area contributed by atoms with E-state index in [4.69, 9.17) is 4.74 Å². The first-order valence-electron chi connectivity index (χ1n) is 7.25. The molecule has 0 aromatic heterocycles. The minimum Gasteiger partial charge on any atom is -0.484 e. The average Bonchev–Trinajstić information content (AvgIpc) is 2.61. The summed E-state index contributed by atoms with van der Waals surface area (Å²) < 4.78 is 32.6. The zero-order chi connectivity index (χ0) is 18.4. The van der Waals surface area contributed by atoms with E-state index in [1.807, 2.05) is 0 Å². The molecule has 0 radical (unpaired) electrons. The van der Waals surface area contributed by atoms with Crippen molar-refractivity contribution in [2.24, 2.45) is 0 Å². The van der Waals surface area contributed by atoms with Gasteiger partial charge in [0.25, 0.3) is 5.91 Å². The summed E-state index contributed by atoms with van der Waals surface area (Å²) in [4.78, 5) is 24.0. The van der Waals surface area contributed by atoms with E-state index in [2.05, 4.69) is 26.6 Å². The maximum atomic E-state index is 13.4. The number of carbonyl (C=O) groups excluding carboxylic acids is 2. The topological polar surface area (TPSA) is 67.4 Å². The van der Waals surface area contributed by atoms with Gasteiger partial charge in [-0.2, -0.15) is 0 Å². The smallest absolute Gasteiger partial charge is 0.258 e. The van der Waals surface area contributed by atoms with Crippen LogP contribution in [0.1, 0.15) is 11.6 Å². The predicted octanol–water partition coefficient (Wildman–Crippen LogP) is 2.71. The Hall–Kier alpha value is -2.48. The maximum Gasteiger partial charge on any atom is 0.258 e. The highest BCUT2D eigenvalue weighted by molar-refractivity contribution is 9.10. The fourth-order valence-corrected chi connectivity index (χ4v) is 2.28. The van der Waals surface area contributed by atoms with Gasteiger partial charge < -0.3 is 15.4 Å². The Morgan fingerprint density at radius 2 is 1.80 bits per heavy atom. The first-order chi connectivity index (χ1) is 11.9. The van der Waals surface area contributed by atoms with Crippen LogP contribution in [-0.4, -0.2) is 25.5 Å². The summed E-state index contributed by atoms with van der Waals surface area (Å²) in [5, 5.41) is 4.81. The van der Waals surface area contributed by atoms with E-state index in [-0.39, 0.29) is 12.2 Å². The summed E-state index contributed by atoms with van der Waals surface area (Å²) in [7, 11) is 1.37. The van der Waals surface area contributed by atoms with Gasteiger partial charge in [0.1, 0.15) is 11.8 Å². The van der Waals surface area contributed by atoms with Gasteiger partial charge in [0.2, 0.25) is 5.91 Å². The summed E-state index contributed by atoms with van der Waals surface area (Å²) in [5.41, 5.74) is 0.121.